The Balaban J connectivity index is 1.97. The van der Waals surface area contributed by atoms with Crippen LogP contribution in [0.15, 0.2) is 34.2 Å². The van der Waals surface area contributed by atoms with Gasteiger partial charge in [-0.3, -0.25) is 14.2 Å². The van der Waals surface area contributed by atoms with Crippen molar-refractivity contribution in [2.24, 2.45) is 5.92 Å². The Kier molecular flexibility index (Phi) is 4.58. The molecule has 0 bridgehead atoms. The number of para-hydroxylation sites is 1. The van der Waals surface area contributed by atoms with Gasteiger partial charge in [-0.1, -0.05) is 23.9 Å². The summed E-state index contributed by atoms with van der Waals surface area (Å²) < 4.78 is 5.32. The average molecular weight is 373 g/mol. The van der Waals surface area contributed by atoms with Gasteiger partial charge < -0.3 is 4.74 Å². The number of benzene rings is 1. The molecule has 1 fully saturated rings. The van der Waals surface area contributed by atoms with E-state index in [-0.39, 0.29) is 18.0 Å². The molecule has 1 saturated carbocycles. The Hall–Kier alpha value is -1.24. The molecule has 1 aliphatic carbocycles. The zero-order valence-electron chi connectivity index (χ0n) is 12.3. The zero-order chi connectivity index (χ0) is 16.6. The van der Waals surface area contributed by atoms with E-state index < -0.39 is 10.3 Å². The normalized spacial score (nSPS) is 18.8. The average Bonchev–Trinajstić information content (AvgIpc) is 3.15. The Labute approximate surface area is 146 Å². The number of hydrogen-bond donors (Lipinski definition) is 0. The Morgan fingerprint density at radius 1 is 1.48 bits per heavy atom. The van der Waals surface area contributed by atoms with Crippen LogP contribution in [0.3, 0.4) is 0 Å². The molecule has 1 heterocycles. The molecule has 0 unspecified atom stereocenters. The number of alkyl halides is 2. The lowest BCUT2D eigenvalue weighted by molar-refractivity contribution is -0.141. The number of ether oxygens (including phenoxy) is 1. The van der Waals surface area contributed by atoms with Crippen molar-refractivity contribution in [3.05, 3.63) is 34.6 Å². The number of carbonyl (C=O) groups excluding carboxylic acids is 1. The smallest absolute Gasteiger partial charge is 0.325 e. The summed E-state index contributed by atoms with van der Waals surface area (Å²) in [6, 6.07) is 7.04. The molecule has 1 aromatic carbocycles. The lowest BCUT2D eigenvalue weighted by Crippen LogP contribution is -2.27. The first-order chi connectivity index (χ1) is 10.9. The van der Waals surface area contributed by atoms with Crippen molar-refractivity contribution in [2.45, 2.75) is 22.5 Å². The maximum Gasteiger partial charge on any atom is 0.325 e. The molecule has 0 spiro atoms. The third-order valence-corrected chi connectivity index (χ3v) is 5.78. The quantitative estimate of drug-likeness (QED) is 0.349. The summed E-state index contributed by atoms with van der Waals surface area (Å²) in [5, 5.41) is 0.936. The minimum absolute atomic E-state index is 0.158. The standard InChI is InChI=1S/C15H14Cl2N2O3S/c1-22-12(20)7-19-13(21)10-4-2-3-5-11(10)18-14(19)23-8-9-6-15(9,16)17/h2-5,9H,6-8H2,1H3/t9-/m1/s1. The molecule has 23 heavy (non-hydrogen) atoms. The highest BCUT2D eigenvalue weighted by atomic mass is 35.5. The van der Waals surface area contributed by atoms with Crippen LogP contribution in [0.5, 0.6) is 0 Å². The van der Waals surface area contributed by atoms with Crippen molar-refractivity contribution in [1.29, 1.82) is 0 Å². The summed E-state index contributed by atoms with van der Waals surface area (Å²) in [4.78, 5) is 28.8. The largest absolute Gasteiger partial charge is 0.468 e. The monoisotopic (exact) mass is 372 g/mol. The molecule has 5 nitrogen and oxygen atoms in total. The Morgan fingerprint density at radius 2 is 2.17 bits per heavy atom. The minimum Gasteiger partial charge on any atom is -0.468 e. The number of halogens is 2. The van der Waals surface area contributed by atoms with Crippen LogP contribution >= 0.6 is 35.0 Å². The van der Waals surface area contributed by atoms with Gasteiger partial charge in [0.1, 0.15) is 10.9 Å². The molecule has 8 heteroatoms. The lowest BCUT2D eigenvalue weighted by Gasteiger charge is -2.12. The number of hydrogen-bond acceptors (Lipinski definition) is 5. The molecule has 0 amide bonds. The summed E-state index contributed by atoms with van der Waals surface area (Å²) >= 11 is 13.4. The fraction of sp³-hybridized carbons (Fsp3) is 0.400. The zero-order valence-corrected chi connectivity index (χ0v) is 14.6. The number of aromatic nitrogens is 2. The van der Waals surface area contributed by atoms with Gasteiger partial charge in [0.15, 0.2) is 5.16 Å². The van der Waals surface area contributed by atoms with E-state index in [1.165, 1.54) is 23.4 Å². The van der Waals surface area contributed by atoms with E-state index in [2.05, 4.69) is 9.72 Å². The Bertz CT molecular complexity index is 822. The molecule has 0 saturated heterocycles. The van der Waals surface area contributed by atoms with Gasteiger partial charge in [-0.2, -0.15) is 0 Å². The summed E-state index contributed by atoms with van der Waals surface area (Å²) in [6.07, 6.45) is 0.720. The highest BCUT2D eigenvalue weighted by Crippen LogP contribution is 2.54. The first kappa shape index (κ1) is 16.6. The molecule has 2 aromatic rings. The fourth-order valence-electron chi connectivity index (χ4n) is 2.22. The summed E-state index contributed by atoms with van der Waals surface area (Å²) in [5.41, 5.74) is 0.335. The molecule has 3 rings (SSSR count). The van der Waals surface area contributed by atoms with Crippen LogP contribution in [-0.4, -0.2) is 32.7 Å². The van der Waals surface area contributed by atoms with E-state index >= 15 is 0 Å². The number of rotatable bonds is 5. The second-order valence-corrected chi connectivity index (χ2v) is 7.88. The van der Waals surface area contributed by atoms with Gasteiger partial charge in [-0.15, -0.1) is 23.2 Å². The number of carbonyl (C=O) groups is 1. The van der Waals surface area contributed by atoms with Gasteiger partial charge in [0.25, 0.3) is 5.56 Å². The second kappa shape index (κ2) is 6.34. The van der Waals surface area contributed by atoms with Crippen molar-refractivity contribution in [3.63, 3.8) is 0 Å². The first-order valence-electron chi connectivity index (χ1n) is 6.99. The van der Waals surface area contributed by atoms with Gasteiger partial charge in [-0.05, 0) is 18.6 Å². The third kappa shape index (κ3) is 3.49. The molecule has 0 aliphatic heterocycles. The highest BCUT2D eigenvalue weighted by molar-refractivity contribution is 7.99. The van der Waals surface area contributed by atoms with Gasteiger partial charge in [-0.25, -0.2) is 4.98 Å². The van der Waals surface area contributed by atoms with Crippen molar-refractivity contribution >= 4 is 51.8 Å². The van der Waals surface area contributed by atoms with E-state index in [4.69, 9.17) is 23.2 Å². The van der Waals surface area contributed by atoms with Crippen LogP contribution in [0.4, 0.5) is 0 Å². The summed E-state index contributed by atoms with van der Waals surface area (Å²) in [6.45, 7) is -0.174. The van der Waals surface area contributed by atoms with Crippen LogP contribution in [0.25, 0.3) is 10.9 Å². The molecule has 0 N–H and O–H groups in total. The van der Waals surface area contributed by atoms with Crippen LogP contribution in [-0.2, 0) is 16.1 Å². The number of nitrogens with zero attached hydrogens (tertiary/aromatic N) is 2. The van der Waals surface area contributed by atoms with Crippen LogP contribution in [0, 0.1) is 5.92 Å². The minimum atomic E-state index is -0.683. The van der Waals surface area contributed by atoms with E-state index in [9.17, 15) is 9.59 Å². The molecule has 1 atom stereocenters. The van der Waals surface area contributed by atoms with Crippen molar-refractivity contribution in [3.8, 4) is 0 Å². The van der Waals surface area contributed by atoms with Gasteiger partial charge in [0.05, 0.1) is 18.0 Å². The van der Waals surface area contributed by atoms with Crippen molar-refractivity contribution in [1.82, 2.24) is 9.55 Å². The maximum atomic E-state index is 12.6. The topological polar surface area (TPSA) is 61.2 Å². The predicted octanol–water partition coefficient (Wildman–Crippen LogP) is 2.86. The van der Waals surface area contributed by atoms with Gasteiger partial charge in [0.2, 0.25) is 0 Å². The molecule has 0 radical (unpaired) electrons. The molecular weight excluding hydrogens is 359 g/mol. The van der Waals surface area contributed by atoms with E-state index in [1.54, 1.807) is 18.2 Å². The van der Waals surface area contributed by atoms with Crippen LogP contribution < -0.4 is 5.56 Å². The molecule has 1 aromatic heterocycles. The van der Waals surface area contributed by atoms with E-state index in [1.807, 2.05) is 6.07 Å². The number of esters is 1. The second-order valence-electron chi connectivity index (χ2n) is 5.35. The SMILES string of the molecule is COC(=O)Cn1c(SC[C@H]2CC2(Cl)Cl)nc2ccccc2c1=O. The van der Waals surface area contributed by atoms with Crippen molar-refractivity contribution in [2.75, 3.05) is 12.9 Å². The van der Waals surface area contributed by atoms with Crippen LogP contribution in [0.1, 0.15) is 6.42 Å². The number of methoxy groups -OCH3 is 1. The highest BCUT2D eigenvalue weighted by Gasteiger charge is 2.51. The van der Waals surface area contributed by atoms with Gasteiger partial charge >= 0.3 is 5.97 Å². The first-order valence-corrected chi connectivity index (χ1v) is 8.73. The molecule has 1 aliphatic rings. The molecular formula is C15H14Cl2N2O3S. The Morgan fingerprint density at radius 3 is 2.83 bits per heavy atom. The van der Waals surface area contributed by atoms with Crippen molar-refractivity contribution < 1.29 is 9.53 Å². The third-order valence-electron chi connectivity index (χ3n) is 3.71. The predicted molar refractivity (Wildman–Crippen MR) is 91.3 cm³/mol. The number of fused-ring (bicyclic) bond motifs is 1. The summed E-state index contributed by atoms with van der Waals surface area (Å²) in [7, 11) is 1.29. The maximum absolute atomic E-state index is 12.6. The van der Waals surface area contributed by atoms with E-state index in [0.29, 0.717) is 21.8 Å². The lowest BCUT2D eigenvalue weighted by atomic mass is 10.2. The summed E-state index contributed by atoms with van der Waals surface area (Å²) in [5.74, 6) is 0.297. The fourth-order valence-corrected chi connectivity index (χ4v) is 4.15. The van der Waals surface area contributed by atoms with Gasteiger partial charge in [0, 0.05) is 11.7 Å². The molecule has 122 valence electrons. The number of thioether (sulfide) groups is 1. The van der Waals surface area contributed by atoms with Crippen LogP contribution in [0.2, 0.25) is 0 Å². The van der Waals surface area contributed by atoms with E-state index in [0.717, 1.165) is 6.42 Å².